The molecule has 0 heterocycles. The summed E-state index contributed by atoms with van der Waals surface area (Å²) in [4.78, 5) is 0. The van der Waals surface area contributed by atoms with Crippen LogP contribution in [-0.2, 0) is 0 Å². The number of nitrogen functional groups attached to an aromatic ring is 1. The number of hydrogen-bond donors (Lipinski definition) is 2. The van der Waals surface area contributed by atoms with Crippen molar-refractivity contribution in [2.24, 2.45) is 0 Å². The third-order valence-corrected chi connectivity index (χ3v) is 2.26. The lowest BCUT2D eigenvalue weighted by Crippen LogP contribution is -1.87. The molecule has 10 heavy (non-hydrogen) atoms. The van der Waals surface area contributed by atoms with Crippen LogP contribution < -0.4 is 5.73 Å². The summed E-state index contributed by atoms with van der Waals surface area (Å²) in [6, 6.07) is 3.47. The second-order valence-corrected chi connectivity index (χ2v) is 2.96. The Kier molecular flexibility index (Phi) is 1.85. The van der Waals surface area contributed by atoms with Crippen molar-refractivity contribution in [1.82, 2.24) is 0 Å². The van der Waals surface area contributed by atoms with Crippen LogP contribution in [0.2, 0.25) is 0 Å². The monoisotopic (exact) mass is 201 g/mol. The molecule has 0 aliphatic heterocycles. The average molecular weight is 202 g/mol. The molecule has 0 spiro atoms. The van der Waals surface area contributed by atoms with Gasteiger partial charge in [-0.15, -0.1) is 0 Å². The Morgan fingerprint density at radius 2 is 2.10 bits per heavy atom. The Balaban J connectivity index is 3.34. The summed E-state index contributed by atoms with van der Waals surface area (Å²) in [5.74, 6) is 0.161. The minimum Gasteiger partial charge on any atom is -0.505 e. The van der Waals surface area contributed by atoms with Crippen LogP contribution in [0.25, 0.3) is 0 Å². The summed E-state index contributed by atoms with van der Waals surface area (Å²) >= 11 is 3.26. The smallest absolute Gasteiger partial charge is 0.142 e. The summed E-state index contributed by atoms with van der Waals surface area (Å²) < 4.78 is 0.874. The number of nitrogens with two attached hydrogens (primary N) is 1. The van der Waals surface area contributed by atoms with Crippen molar-refractivity contribution in [3.8, 4) is 5.75 Å². The first-order valence-electron chi connectivity index (χ1n) is 2.86. The third kappa shape index (κ3) is 1.09. The van der Waals surface area contributed by atoms with E-state index in [0.29, 0.717) is 5.69 Å². The molecule has 1 rings (SSSR count). The summed E-state index contributed by atoms with van der Waals surface area (Å²) in [6.07, 6.45) is 0. The number of rotatable bonds is 0. The standard InChI is InChI=1S/C7H8BrNO/c1-4-5(8)2-3-6(9)7(4)10/h2-3,10H,9H2,1H3. The van der Waals surface area contributed by atoms with Gasteiger partial charge in [0, 0.05) is 10.0 Å². The molecule has 54 valence electrons. The predicted molar refractivity (Wildman–Crippen MR) is 45.0 cm³/mol. The number of halogens is 1. The lowest BCUT2D eigenvalue weighted by atomic mass is 10.2. The molecular formula is C7H8BrNO. The van der Waals surface area contributed by atoms with E-state index in [1.54, 1.807) is 13.0 Å². The molecule has 0 fully saturated rings. The minimum absolute atomic E-state index is 0.161. The van der Waals surface area contributed by atoms with Gasteiger partial charge in [-0.25, -0.2) is 0 Å². The predicted octanol–water partition coefficient (Wildman–Crippen LogP) is 2.05. The Labute approximate surface area is 67.8 Å². The number of hydrogen-bond acceptors (Lipinski definition) is 2. The normalized spacial score (nSPS) is 9.80. The highest BCUT2D eigenvalue weighted by Crippen LogP contribution is 2.29. The maximum Gasteiger partial charge on any atom is 0.142 e. The zero-order chi connectivity index (χ0) is 7.72. The highest BCUT2D eigenvalue weighted by molar-refractivity contribution is 9.10. The molecule has 2 nitrogen and oxygen atoms in total. The van der Waals surface area contributed by atoms with E-state index in [2.05, 4.69) is 15.9 Å². The van der Waals surface area contributed by atoms with Gasteiger partial charge in [0.05, 0.1) is 5.69 Å². The van der Waals surface area contributed by atoms with Crippen LogP contribution in [0.15, 0.2) is 16.6 Å². The minimum atomic E-state index is 0.161. The van der Waals surface area contributed by atoms with Crippen LogP contribution in [0.5, 0.6) is 5.75 Å². The van der Waals surface area contributed by atoms with Gasteiger partial charge < -0.3 is 10.8 Å². The van der Waals surface area contributed by atoms with Gasteiger partial charge in [-0.05, 0) is 19.1 Å². The molecular weight excluding hydrogens is 194 g/mol. The molecule has 0 aromatic heterocycles. The van der Waals surface area contributed by atoms with Gasteiger partial charge in [0.15, 0.2) is 0 Å². The molecule has 0 aliphatic carbocycles. The Hall–Kier alpha value is -0.700. The first-order chi connectivity index (χ1) is 4.63. The van der Waals surface area contributed by atoms with Crippen molar-refractivity contribution in [2.75, 3.05) is 5.73 Å². The van der Waals surface area contributed by atoms with Gasteiger partial charge in [0.2, 0.25) is 0 Å². The van der Waals surface area contributed by atoms with Crippen LogP contribution in [0.1, 0.15) is 5.56 Å². The van der Waals surface area contributed by atoms with Crippen LogP contribution in [0.3, 0.4) is 0 Å². The van der Waals surface area contributed by atoms with E-state index in [1.165, 1.54) is 0 Å². The first kappa shape index (κ1) is 7.41. The van der Waals surface area contributed by atoms with Crippen LogP contribution in [0, 0.1) is 6.92 Å². The van der Waals surface area contributed by atoms with Gasteiger partial charge in [-0.1, -0.05) is 15.9 Å². The molecule has 3 N–H and O–H groups in total. The molecule has 0 saturated carbocycles. The molecule has 0 bridgehead atoms. The Morgan fingerprint density at radius 1 is 1.50 bits per heavy atom. The van der Waals surface area contributed by atoms with Gasteiger partial charge in [0.1, 0.15) is 5.75 Å². The number of phenols is 1. The maximum absolute atomic E-state index is 9.23. The van der Waals surface area contributed by atoms with Crippen LogP contribution in [-0.4, -0.2) is 5.11 Å². The molecule has 0 amide bonds. The average Bonchev–Trinajstić information content (AvgIpc) is 1.93. The van der Waals surface area contributed by atoms with E-state index in [1.807, 2.05) is 6.07 Å². The lowest BCUT2D eigenvalue weighted by molar-refractivity contribution is 0.473. The molecule has 1 aromatic rings. The van der Waals surface area contributed by atoms with Crippen molar-refractivity contribution >= 4 is 21.6 Å². The fraction of sp³-hybridized carbons (Fsp3) is 0.143. The lowest BCUT2D eigenvalue weighted by Gasteiger charge is -2.03. The fourth-order valence-corrected chi connectivity index (χ4v) is 1.02. The summed E-state index contributed by atoms with van der Waals surface area (Å²) in [5, 5.41) is 9.23. The largest absolute Gasteiger partial charge is 0.505 e. The number of anilines is 1. The third-order valence-electron chi connectivity index (χ3n) is 1.40. The Bertz CT molecular complexity index is 233. The summed E-state index contributed by atoms with van der Waals surface area (Å²) in [6.45, 7) is 1.80. The Morgan fingerprint density at radius 3 is 2.60 bits per heavy atom. The van der Waals surface area contributed by atoms with E-state index in [-0.39, 0.29) is 5.75 Å². The fourth-order valence-electron chi connectivity index (χ4n) is 0.696. The van der Waals surface area contributed by atoms with Gasteiger partial charge in [-0.3, -0.25) is 0 Å². The molecule has 0 radical (unpaired) electrons. The summed E-state index contributed by atoms with van der Waals surface area (Å²) in [5.41, 5.74) is 6.61. The van der Waals surface area contributed by atoms with E-state index < -0.39 is 0 Å². The number of benzene rings is 1. The van der Waals surface area contributed by atoms with Gasteiger partial charge >= 0.3 is 0 Å². The quantitative estimate of drug-likeness (QED) is 0.499. The second-order valence-electron chi connectivity index (χ2n) is 2.11. The molecule has 3 heteroatoms. The molecule has 1 aromatic carbocycles. The van der Waals surface area contributed by atoms with Gasteiger partial charge in [-0.2, -0.15) is 0 Å². The highest BCUT2D eigenvalue weighted by Gasteiger charge is 2.02. The molecule has 0 atom stereocenters. The second kappa shape index (κ2) is 2.50. The molecule has 0 aliphatic rings. The zero-order valence-corrected chi connectivity index (χ0v) is 7.14. The number of aromatic hydroxyl groups is 1. The van der Waals surface area contributed by atoms with Crippen LogP contribution >= 0.6 is 15.9 Å². The maximum atomic E-state index is 9.23. The van der Waals surface area contributed by atoms with Crippen LogP contribution in [0.4, 0.5) is 5.69 Å². The van der Waals surface area contributed by atoms with Crippen molar-refractivity contribution in [3.63, 3.8) is 0 Å². The van der Waals surface area contributed by atoms with Crippen molar-refractivity contribution in [1.29, 1.82) is 0 Å². The van der Waals surface area contributed by atoms with Crippen molar-refractivity contribution in [3.05, 3.63) is 22.2 Å². The van der Waals surface area contributed by atoms with E-state index in [9.17, 15) is 5.11 Å². The SMILES string of the molecule is Cc1c(Br)ccc(N)c1O. The van der Waals surface area contributed by atoms with E-state index in [4.69, 9.17) is 5.73 Å². The highest BCUT2D eigenvalue weighted by atomic mass is 79.9. The molecule has 0 unspecified atom stereocenters. The molecule has 0 saturated heterocycles. The zero-order valence-electron chi connectivity index (χ0n) is 5.56. The first-order valence-corrected chi connectivity index (χ1v) is 3.65. The topological polar surface area (TPSA) is 46.2 Å². The number of phenolic OH excluding ortho intramolecular Hbond substituents is 1. The van der Waals surface area contributed by atoms with Gasteiger partial charge in [0.25, 0.3) is 0 Å². The van der Waals surface area contributed by atoms with E-state index in [0.717, 1.165) is 10.0 Å². The van der Waals surface area contributed by atoms with E-state index >= 15 is 0 Å². The van der Waals surface area contributed by atoms with Crippen molar-refractivity contribution in [2.45, 2.75) is 6.92 Å². The van der Waals surface area contributed by atoms with Crippen molar-refractivity contribution < 1.29 is 5.11 Å². The summed E-state index contributed by atoms with van der Waals surface area (Å²) in [7, 11) is 0.